The van der Waals surface area contributed by atoms with Gasteiger partial charge in [0.2, 0.25) is 0 Å². The van der Waals surface area contributed by atoms with Crippen molar-refractivity contribution in [3.63, 3.8) is 0 Å². The van der Waals surface area contributed by atoms with Gasteiger partial charge in [-0.2, -0.15) is 5.26 Å². The number of carbonyl (C=O) groups excluding carboxylic acids is 3. The molecule has 0 aromatic heterocycles. The predicted octanol–water partition coefficient (Wildman–Crippen LogP) is 1.44. The van der Waals surface area contributed by atoms with Crippen molar-refractivity contribution >= 4 is 29.7 Å². The van der Waals surface area contributed by atoms with Crippen LogP contribution in [0.1, 0.15) is 18.9 Å². The molecule has 0 saturated carbocycles. The van der Waals surface area contributed by atoms with Gasteiger partial charge in [-0.25, -0.2) is 9.59 Å². The SMILES string of the molecule is CCCNC(=O)NC(=O)COC(=O)/C(C#N)=C/c1ccc(N(C)C)cc1. The second-order valence-corrected chi connectivity index (χ2v) is 5.54. The van der Waals surface area contributed by atoms with Crippen LogP contribution in [0.25, 0.3) is 6.08 Å². The molecule has 0 aliphatic carbocycles. The van der Waals surface area contributed by atoms with Gasteiger partial charge in [-0.15, -0.1) is 0 Å². The van der Waals surface area contributed by atoms with Gasteiger partial charge in [0, 0.05) is 26.3 Å². The number of nitrogens with zero attached hydrogens (tertiary/aromatic N) is 2. The summed E-state index contributed by atoms with van der Waals surface area (Å²) >= 11 is 0. The molecule has 138 valence electrons. The Morgan fingerprint density at radius 2 is 1.88 bits per heavy atom. The number of ether oxygens (including phenoxy) is 1. The van der Waals surface area contributed by atoms with Crippen LogP contribution in [0.3, 0.4) is 0 Å². The molecular weight excluding hydrogens is 336 g/mol. The fourth-order valence-electron chi connectivity index (χ4n) is 1.83. The molecule has 26 heavy (non-hydrogen) atoms. The molecule has 1 aromatic carbocycles. The summed E-state index contributed by atoms with van der Waals surface area (Å²) in [5.74, 6) is -1.71. The van der Waals surface area contributed by atoms with Crippen LogP contribution < -0.4 is 15.5 Å². The smallest absolute Gasteiger partial charge is 0.349 e. The minimum atomic E-state index is -0.937. The zero-order chi connectivity index (χ0) is 19.5. The maximum Gasteiger partial charge on any atom is 0.349 e. The summed E-state index contributed by atoms with van der Waals surface area (Å²) in [5, 5.41) is 13.6. The number of nitriles is 1. The van der Waals surface area contributed by atoms with Crippen LogP contribution in [-0.4, -0.2) is 45.2 Å². The molecule has 0 fully saturated rings. The van der Waals surface area contributed by atoms with Crippen LogP contribution in [0.2, 0.25) is 0 Å². The normalized spacial score (nSPS) is 10.5. The van der Waals surface area contributed by atoms with Crippen LogP contribution in [0, 0.1) is 11.3 Å². The van der Waals surface area contributed by atoms with E-state index in [-0.39, 0.29) is 5.57 Å². The zero-order valence-electron chi connectivity index (χ0n) is 15.0. The lowest BCUT2D eigenvalue weighted by Gasteiger charge is -2.11. The summed E-state index contributed by atoms with van der Waals surface area (Å²) in [6.45, 7) is 1.64. The molecule has 2 N–H and O–H groups in total. The number of carbonyl (C=O) groups is 3. The first-order valence-corrected chi connectivity index (χ1v) is 8.01. The van der Waals surface area contributed by atoms with Gasteiger partial charge in [-0.3, -0.25) is 10.1 Å². The molecule has 0 saturated heterocycles. The fraction of sp³-hybridized carbons (Fsp3) is 0.333. The number of anilines is 1. The average Bonchev–Trinajstić information content (AvgIpc) is 2.62. The molecule has 0 aliphatic heterocycles. The largest absolute Gasteiger partial charge is 0.451 e. The summed E-state index contributed by atoms with van der Waals surface area (Å²) in [5.41, 5.74) is 1.37. The molecule has 0 atom stereocenters. The zero-order valence-corrected chi connectivity index (χ0v) is 15.0. The first kappa shape index (κ1) is 20.7. The van der Waals surface area contributed by atoms with Crippen LogP contribution in [-0.2, 0) is 14.3 Å². The number of hydrogen-bond donors (Lipinski definition) is 2. The Balaban J connectivity index is 2.62. The highest BCUT2D eigenvalue weighted by Crippen LogP contribution is 2.15. The van der Waals surface area contributed by atoms with Gasteiger partial charge in [-0.1, -0.05) is 19.1 Å². The van der Waals surface area contributed by atoms with Crippen LogP contribution in [0.15, 0.2) is 29.8 Å². The van der Waals surface area contributed by atoms with Crippen molar-refractivity contribution in [3.05, 3.63) is 35.4 Å². The number of nitrogens with one attached hydrogen (secondary N) is 2. The Hall–Kier alpha value is -3.34. The fourth-order valence-corrected chi connectivity index (χ4v) is 1.83. The van der Waals surface area contributed by atoms with Gasteiger partial charge in [0.25, 0.3) is 5.91 Å². The van der Waals surface area contributed by atoms with Gasteiger partial charge in [-0.05, 0) is 30.2 Å². The summed E-state index contributed by atoms with van der Waals surface area (Å²) in [6.07, 6.45) is 2.09. The highest BCUT2D eigenvalue weighted by atomic mass is 16.5. The highest BCUT2D eigenvalue weighted by molar-refractivity contribution is 6.00. The molecule has 1 rings (SSSR count). The number of amides is 3. The Morgan fingerprint density at radius 3 is 2.42 bits per heavy atom. The van der Waals surface area contributed by atoms with Crippen molar-refractivity contribution in [1.82, 2.24) is 10.6 Å². The molecule has 0 unspecified atom stereocenters. The van der Waals surface area contributed by atoms with Gasteiger partial charge in [0.15, 0.2) is 6.61 Å². The summed E-state index contributed by atoms with van der Waals surface area (Å²) in [7, 11) is 3.80. The van der Waals surface area contributed by atoms with E-state index in [0.717, 1.165) is 12.1 Å². The second kappa shape index (κ2) is 10.5. The third-order valence-electron chi connectivity index (χ3n) is 3.18. The summed E-state index contributed by atoms with van der Waals surface area (Å²) in [4.78, 5) is 36.7. The van der Waals surface area contributed by atoms with Gasteiger partial charge in [0.1, 0.15) is 11.6 Å². The van der Waals surface area contributed by atoms with E-state index in [2.05, 4.69) is 5.32 Å². The topological polar surface area (TPSA) is 112 Å². The third-order valence-corrected chi connectivity index (χ3v) is 3.18. The van der Waals surface area contributed by atoms with Crippen molar-refractivity contribution in [2.75, 3.05) is 32.1 Å². The van der Waals surface area contributed by atoms with Gasteiger partial charge >= 0.3 is 12.0 Å². The summed E-state index contributed by atoms with van der Waals surface area (Å²) in [6, 6.07) is 8.28. The predicted molar refractivity (Wildman–Crippen MR) is 97.2 cm³/mol. The number of benzene rings is 1. The number of rotatable bonds is 7. The average molecular weight is 358 g/mol. The van der Waals surface area contributed by atoms with E-state index in [0.29, 0.717) is 12.1 Å². The Morgan fingerprint density at radius 1 is 1.23 bits per heavy atom. The molecule has 0 bridgehead atoms. The maximum absolute atomic E-state index is 11.9. The lowest BCUT2D eigenvalue weighted by atomic mass is 10.1. The first-order chi connectivity index (χ1) is 12.4. The lowest BCUT2D eigenvalue weighted by Crippen LogP contribution is -2.41. The minimum absolute atomic E-state index is 0.245. The quantitative estimate of drug-likeness (QED) is 0.433. The molecule has 3 amide bonds. The molecule has 0 radical (unpaired) electrons. The Labute approximate surface area is 152 Å². The minimum Gasteiger partial charge on any atom is -0.451 e. The number of hydrogen-bond acceptors (Lipinski definition) is 6. The van der Waals surface area contributed by atoms with Crippen molar-refractivity contribution in [3.8, 4) is 6.07 Å². The van der Waals surface area contributed by atoms with Crippen LogP contribution >= 0.6 is 0 Å². The molecule has 1 aromatic rings. The third kappa shape index (κ3) is 7.05. The molecule has 8 nitrogen and oxygen atoms in total. The maximum atomic E-state index is 11.9. The molecular formula is C18H22N4O4. The standard InChI is InChI=1S/C18H22N4O4/c1-4-9-20-18(25)21-16(23)12-26-17(24)14(11-19)10-13-5-7-15(8-6-13)22(2)3/h5-8,10H,4,9,12H2,1-3H3,(H2,20,21,23,25)/b14-10+. The van der Waals surface area contributed by atoms with E-state index >= 15 is 0 Å². The van der Waals surface area contributed by atoms with E-state index < -0.39 is 24.5 Å². The number of imide groups is 1. The van der Waals surface area contributed by atoms with E-state index in [9.17, 15) is 14.4 Å². The van der Waals surface area contributed by atoms with E-state index in [1.165, 1.54) is 6.08 Å². The molecule has 0 aliphatic rings. The molecule has 0 spiro atoms. The second-order valence-electron chi connectivity index (χ2n) is 5.54. The van der Waals surface area contributed by atoms with E-state index in [1.807, 2.05) is 43.4 Å². The molecule has 8 heteroatoms. The lowest BCUT2D eigenvalue weighted by molar-refractivity contribution is -0.144. The number of esters is 1. The van der Waals surface area contributed by atoms with Crippen molar-refractivity contribution in [1.29, 1.82) is 5.26 Å². The monoisotopic (exact) mass is 358 g/mol. The van der Waals surface area contributed by atoms with E-state index in [1.54, 1.807) is 18.2 Å². The highest BCUT2D eigenvalue weighted by Gasteiger charge is 2.14. The Kier molecular flexibility index (Phi) is 8.37. The van der Waals surface area contributed by atoms with Crippen molar-refractivity contribution in [2.24, 2.45) is 0 Å². The van der Waals surface area contributed by atoms with Crippen LogP contribution in [0.5, 0.6) is 0 Å². The first-order valence-electron chi connectivity index (χ1n) is 8.01. The van der Waals surface area contributed by atoms with Gasteiger partial charge in [0.05, 0.1) is 0 Å². The molecule has 0 heterocycles. The van der Waals surface area contributed by atoms with Gasteiger partial charge < -0.3 is 15.0 Å². The van der Waals surface area contributed by atoms with Crippen LogP contribution in [0.4, 0.5) is 10.5 Å². The van der Waals surface area contributed by atoms with E-state index in [4.69, 9.17) is 10.00 Å². The summed E-state index contributed by atoms with van der Waals surface area (Å²) < 4.78 is 4.77. The Bertz CT molecular complexity index is 718. The number of urea groups is 1. The van der Waals surface area contributed by atoms with Crippen molar-refractivity contribution < 1.29 is 19.1 Å². The van der Waals surface area contributed by atoms with Crippen molar-refractivity contribution in [2.45, 2.75) is 13.3 Å².